The molecule has 0 radical (unpaired) electrons. The van der Waals surface area contributed by atoms with Crippen molar-refractivity contribution >= 4 is 28.7 Å². The van der Waals surface area contributed by atoms with Crippen LogP contribution in [-0.2, 0) is 0 Å². The van der Waals surface area contributed by atoms with Gasteiger partial charge in [0, 0.05) is 11.8 Å². The third-order valence-electron chi connectivity index (χ3n) is 2.85. The largest absolute Gasteiger partial charge is 0.478 e. The Kier molecular flexibility index (Phi) is 4.16. The summed E-state index contributed by atoms with van der Waals surface area (Å²) in [7, 11) is 0. The van der Waals surface area contributed by atoms with Gasteiger partial charge in [-0.25, -0.2) is 4.79 Å². The van der Waals surface area contributed by atoms with Gasteiger partial charge < -0.3 is 10.4 Å². The first-order valence-electron chi connectivity index (χ1n) is 6.02. The first-order chi connectivity index (χ1) is 10.8. The number of nitrogens with zero attached hydrogens (tertiary/aromatic N) is 2. The van der Waals surface area contributed by atoms with Gasteiger partial charge in [-0.1, -0.05) is 6.07 Å². The number of hydrogen-bond acceptors (Lipinski definition) is 6. The second-order valence-corrected chi connectivity index (χ2v) is 4.35. The van der Waals surface area contributed by atoms with Crippen LogP contribution in [0, 0.1) is 26.0 Å². The molecular formula is C13H8FN3O6. The van der Waals surface area contributed by atoms with E-state index < -0.39 is 33.0 Å². The van der Waals surface area contributed by atoms with Crippen molar-refractivity contribution in [3.8, 4) is 0 Å². The van der Waals surface area contributed by atoms with Crippen molar-refractivity contribution < 1.29 is 24.1 Å². The highest BCUT2D eigenvalue weighted by molar-refractivity contribution is 5.89. The number of rotatable bonds is 5. The molecular weight excluding hydrogens is 313 g/mol. The van der Waals surface area contributed by atoms with E-state index in [1.807, 2.05) is 0 Å². The van der Waals surface area contributed by atoms with Crippen LogP contribution >= 0.6 is 0 Å². The highest BCUT2D eigenvalue weighted by Gasteiger charge is 2.25. The van der Waals surface area contributed by atoms with Gasteiger partial charge in [0.2, 0.25) is 5.82 Å². The van der Waals surface area contributed by atoms with E-state index >= 15 is 0 Å². The highest BCUT2D eigenvalue weighted by Crippen LogP contribution is 2.33. The predicted octanol–water partition coefficient (Wildman–Crippen LogP) is 3.08. The molecule has 0 amide bonds. The van der Waals surface area contributed by atoms with E-state index in [1.165, 1.54) is 24.3 Å². The summed E-state index contributed by atoms with van der Waals surface area (Å²) in [6.45, 7) is 0. The molecule has 0 saturated carbocycles. The fraction of sp³-hybridized carbons (Fsp3) is 0. The Balaban J connectivity index is 2.49. The lowest BCUT2D eigenvalue weighted by atomic mass is 10.2. The standard InChI is InChI=1S/C13H8FN3O6/c14-9-5-10(12(17(22)23)6-11(9)16(20)21)15-8-3-1-2-7(4-8)13(18)19/h1-6,15H,(H,18,19). The topological polar surface area (TPSA) is 136 Å². The van der Waals surface area contributed by atoms with Crippen molar-refractivity contribution in [2.45, 2.75) is 0 Å². The van der Waals surface area contributed by atoms with Crippen molar-refractivity contribution in [2.24, 2.45) is 0 Å². The molecule has 23 heavy (non-hydrogen) atoms. The van der Waals surface area contributed by atoms with E-state index in [0.29, 0.717) is 12.1 Å². The molecule has 2 N–H and O–H groups in total. The molecule has 0 unspecified atom stereocenters. The van der Waals surface area contributed by atoms with E-state index in [-0.39, 0.29) is 16.9 Å². The van der Waals surface area contributed by atoms with Gasteiger partial charge in [0.25, 0.3) is 5.69 Å². The zero-order valence-corrected chi connectivity index (χ0v) is 11.2. The minimum atomic E-state index is -1.25. The second-order valence-electron chi connectivity index (χ2n) is 4.35. The fourth-order valence-electron chi connectivity index (χ4n) is 1.83. The lowest BCUT2D eigenvalue weighted by Crippen LogP contribution is -2.02. The molecule has 9 nitrogen and oxygen atoms in total. The summed E-state index contributed by atoms with van der Waals surface area (Å²) in [5, 5.41) is 33.0. The maximum atomic E-state index is 13.7. The van der Waals surface area contributed by atoms with Crippen molar-refractivity contribution in [2.75, 3.05) is 5.32 Å². The van der Waals surface area contributed by atoms with E-state index in [2.05, 4.69) is 5.32 Å². The van der Waals surface area contributed by atoms with E-state index in [1.54, 1.807) is 0 Å². The van der Waals surface area contributed by atoms with E-state index in [0.717, 1.165) is 0 Å². The van der Waals surface area contributed by atoms with E-state index in [9.17, 15) is 29.4 Å². The number of hydrogen-bond donors (Lipinski definition) is 2. The zero-order valence-electron chi connectivity index (χ0n) is 11.2. The van der Waals surface area contributed by atoms with Gasteiger partial charge in [0.05, 0.1) is 21.5 Å². The Morgan fingerprint density at radius 2 is 1.74 bits per heavy atom. The van der Waals surface area contributed by atoms with Crippen LogP contribution in [0.1, 0.15) is 10.4 Å². The summed E-state index contributed by atoms with van der Waals surface area (Å²) < 4.78 is 13.7. The molecule has 0 heterocycles. The average molecular weight is 321 g/mol. The number of aromatic carboxylic acids is 1. The summed E-state index contributed by atoms with van der Waals surface area (Å²) in [6, 6.07) is 6.40. The minimum absolute atomic E-state index is 0.0833. The van der Waals surface area contributed by atoms with Crippen LogP contribution in [0.15, 0.2) is 36.4 Å². The first kappa shape index (κ1) is 15.8. The molecule has 0 aliphatic carbocycles. The SMILES string of the molecule is O=C(O)c1cccc(Nc2cc(F)c([N+](=O)[O-])cc2[N+](=O)[O-])c1. The summed E-state index contributed by atoms with van der Waals surface area (Å²) in [5.74, 6) is -2.46. The normalized spacial score (nSPS) is 10.1. The lowest BCUT2D eigenvalue weighted by molar-refractivity contribution is -0.395. The number of nitrogens with one attached hydrogen (secondary N) is 1. The van der Waals surface area contributed by atoms with Gasteiger partial charge in [-0.05, 0) is 18.2 Å². The molecule has 0 aliphatic heterocycles. The van der Waals surface area contributed by atoms with Crippen LogP contribution in [0.25, 0.3) is 0 Å². The summed E-state index contributed by atoms with van der Waals surface area (Å²) >= 11 is 0. The van der Waals surface area contributed by atoms with Crippen molar-refractivity contribution in [3.63, 3.8) is 0 Å². The van der Waals surface area contributed by atoms with Crippen LogP contribution in [-0.4, -0.2) is 20.9 Å². The highest BCUT2D eigenvalue weighted by atomic mass is 19.1. The Morgan fingerprint density at radius 3 is 2.30 bits per heavy atom. The van der Waals surface area contributed by atoms with Crippen molar-refractivity contribution in [1.29, 1.82) is 0 Å². The van der Waals surface area contributed by atoms with Crippen molar-refractivity contribution in [3.05, 3.63) is 68.0 Å². The number of carboxylic acid groups (broad SMARTS) is 1. The Bertz CT molecular complexity index is 823. The second kappa shape index (κ2) is 6.05. The molecule has 2 rings (SSSR count). The van der Waals surface area contributed by atoms with Crippen LogP contribution in [0.5, 0.6) is 0 Å². The van der Waals surface area contributed by atoms with E-state index in [4.69, 9.17) is 5.11 Å². The number of carboxylic acids is 1. The van der Waals surface area contributed by atoms with Crippen molar-refractivity contribution in [1.82, 2.24) is 0 Å². The van der Waals surface area contributed by atoms with Crippen LogP contribution in [0.4, 0.5) is 27.1 Å². The molecule has 10 heteroatoms. The molecule has 0 spiro atoms. The minimum Gasteiger partial charge on any atom is -0.478 e. The summed E-state index contributed by atoms with van der Waals surface area (Å²) in [6.07, 6.45) is 0. The molecule has 0 bridgehead atoms. The average Bonchev–Trinajstić information content (AvgIpc) is 2.46. The van der Waals surface area contributed by atoms with Gasteiger partial charge in [-0.2, -0.15) is 4.39 Å². The van der Waals surface area contributed by atoms with Gasteiger partial charge in [0.15, 0.2) is 0 Å². The molecule has 0 atom stereocenters. The molecule has 0 aromatic heterocycles. The van der Waals surface area contributed by atoms with Crippen LogP contribution < -0.4 is 5.32 Å². The van der Waals surface area contributed by atoms with Crippen LogP contribution in [0.2, 0.25) is 0 Å². The Labute approximate surface area is 127 Å². The van der Waals surface area contributed by atoms with Gasteiger partial charge in [-0.3, -0.25) is 20.2 Å². The fourth-order valence-corrected chi connectivity index (χ4v) is 1.83. The van der Waals surface area contributed by atoms with Gasteiger partial charge in [0.1, 0.15) is 5.69 Å². The summed E-state index contributed by atoms with van der Waals surface area (Å²) in [5.41, 5.74) is -2.00. The number of halogens is 1. The molecule has 0 saturated heterocycles. The maximum Gasteiger partial charge on any atom is 0.335 e. The molecule has 0 fully saturated rings. The number of nitro groups is 2. The number of benzene rings is 2. The molecule has 118 valence electrons. The lowest BCUT2D eigenvalue weighted by Gasteiger charge is -2.08. The quantitative estimate of drug-likeness (QED) is 0.637. The molecule has 2 aromatic rings. The predicted molar refractivity (Wildman–Crippen MR) is 76.4 cm³/mol. The zero-order chi connectivity index (χ0) is 17.1. The van der Waals surface area contributed by atoms with Gasteiger partial charge in [-0.15, -0.1) is 0 Å². The smallest absolute Gasteiger partial charge is 0.335 e. The monoisotopic (exact) mass is 321 g/mol. The van der Waals surface area contributed by atoms with Gasteiger partial charge >= 0.3 is 11.7 Å². The molecule has 2 aromatic carbocycles. The third kappa shape index (κ3) is 3.37. The number of anilines is 2. The first-order valence-corrected chi connectivity index (χ1v) is 6.02. The Morgan fingerprint density at radius 1 is 1.09 bits per heavy atom. The Hall–Kier alpha value is -3.56. The maximum absolute atomic E-state index is 13.7. The number of nitro benzene ring substituents is 2. The summed E-state index contributed by atoms with van der Waals surface area (Å²) in [4.78, 5) is 30.5. The van der Waals surface area contributed by atoms with Crippen LogP contribution in [0.3, 0.4) is 0 Å². The third-order valence-corrected chi connectivity index (χ3v) is 2.85. The number of carbonyl (C=O) groups is 1. The molecule has 0 aliphatic rings.